The van der Waals surface area contributed by atoms with Crippen LogP contribution in [-0.4, -0.2) is 18.6 Å². The second kappa shape index (κ2) is 7.07. The van der Waals surface area contributed by atoms with E-state index in [4.69, 9.17) is 10.5 Å². The molecule has 3 aromatic rings. The van der Waals surface area contributed by atoms with Crippen LogP contribution in [0, 0.1) is 6.92 Å². The molecule has 2 aromatic heterocycles. The fraction of sp³-hybridized carbons (Fsp3) is 0.333. The minimum atomic E-state index is 0.739. The van der Waals surface area contributed by atoms with Gasteiger partial charge >= 0.3 is 0 Å². The number of hydrogen-bond acceptors (Lipinski definition) is 3. The molecule has 0 saturated heterocycles. The van der Waals surface area contributed by atoms with Crippen molar-refractivity contribution in [2.45, 2.75) is 26.2 Å². The number of nitrogens with two attached hydrogens (primary N) is 1. The molecule has 0 bridgehead atoms. The number of nitrogens with one attached hydrogen (secondary N) is 1. The first-order valence-corrected chi connectivity index (χ1v) is 9.45. The molecule has 0 aliphatic rings. The highest BCUT2D eigenvalue weighted by Gasteiger charge is 2.18. The number of halogens is 1. The number of methoxy groups -OCH3 is 1. The van der Waals surface area contributed by atoms with Gasteiger partial charge in [-0.25, -0.2) is 0 Å². The molecule has 23 heavy (non-hydrogen) atoms. The van der Waals surface area contributed by atoms with Crippen LogP contribution in [0.25, 0.3) is 21.5 Å². The monoisotopic (exact) mass is 392 g/mol. The molecule has 0 aliphatic carbocycles. The molecule has 0 fully saturated rings. The summed E-state index contributed by atoms with van der Waals surface area (Å²) < 4.78 is 6.60. The lowest BCUT2D eigenvalue weighted by Gasteiger charge is -2.06. The summed E-state index contributed by atoms with van der Waals surface area (Å²) in [6.45, 7) is 2.86. The Morgan fingerprint density at radius 3 is 2.78 bits per heavy atom. The van der Waals surface area contributed by atoms with E-state index in [1.54, 1.807) is 18.4 Å². The van der Waals surface area contributed by atoms with Gasteiger partial charge in [-0.3, -0.25) is 0 Å². The van der Waals surface area contributed by atoms with E-state index >= 15 is 0 Å². The summed E-state index contributed by atoms with van der Waals surface area (Å²) in [6.07, 6.45) is 3.15. The molecule has 3 N–H and O–H groups in total. The molecule has 0 amide bonds. The molecular weight excluding hydrogens is 372 g/mol. The van der Waals surface area contributed by atoms with E-state index in [1.165, 1.54) is 32.6 Å². The summed E-state index contributed by atoms with van der Waals surface area (Å²) in [6, 6.07) is 6.32. The Labute approximate surface area is 149 Å². The Bertz CT molecular complexity index is 822. The highest BCUT2D eigenvalue weighted by atomic mass is 79.9. The second-order valence-electron chi connectivity index (χ2n) is 5.69. The van der Waals surface area contributed by atoms with Gasteiger partial charge < -0.3 is 15.5 Å². The summed E-state index contributed by atoms with van der Waals surface area (Å²) >= 11 is 5.42. The number of H-pyrrole nitrogens is 1. The molecule has 0 aliphatic heterocycles. The summed E-state index contributed by atoms with van der Waals surface area (Å²) in [5.41, 5.74) is 10.7. The Kier molecular flexibility index (Phi) is 5.09. The summed E-state index contributed by atoms with van der Waals surface area (Å²) in [4.78, 5) is 4.90. The first-order chi connectivity index (χ1) is 11.2. The number of rotatable bonds is 6. The van der Waals surface area contributed by atoms with Crippen LogP contribution >= 0.6 is 27.3 Å². The summed E-state index contributed by atoms with van der Waals surface area (Å²) in [5, 5.41) is 3.37. The van der Waals surface area contributed by atoms with Gasteiger partial charge in [0.05, 0.1) is 17.7 Å². The maximum atomic E-state index is 5.67. The maximum absolute atomic E-state index is 5.67. The smallest absolute Gasteiger partial charge is 0.119 e. The van der Waals surface area contributed by atoms with E-state index in [-0.39, 0.29) is 0 Å². The highest BCUT2D eigenvalue weighted by Crippen LogP contribution is 2.40. The molecule has 0 atom stereocenters. The van der Waals surface area contributed by atoms with Gasteiger partial charge in [-0.2, -0.15) is 0 Å². The molecule has 5 heteroatoms. The molecule has 3 rings (SSSR count). The van der Waals surface area contributed by atoms with Crippen molar-refractivity contribution < 1.29 is 4.74 Å². The number of thiophene rings is 1. The van der Waals surface area contributed by atoms with E-state index in [0.717, 1.165) is 36.0 Å². The Balaban J connectivity index is 2.19. The Hall–Kier alpha value is -1.30. The number of hydrogen-bond donors (Lipinski definition) is 2. The molecular formula is C18H21BrN2OS. The van der Waals surface area contributed by atoms with E-state index in [2.05, 4.69) is 51.4 Å². The topological polar surface area (TPSA) is 51.0 Å². The molecule has 122 valence electrons. The number of aromatic amines is 1. The Morgan fingerprint density at radius 2 is 2.13 bits per heavy atom. The highest BCUT2D eigenvalue weighted by molar-refractivity contribution is 9.10. The zero-order chi connectivity index (χ0) is 16.4. The number of unbranched alkanes of at least 4 members (excludes halogenated alkanes) is 1. The van der Waals surface area contributed by atoms with Crippen molar-refractivity contribution in [3.05, 3.63) is 39.2 Å². The fourth-order valence-electron chi connectivity index (χ4n) is 2.98. The lowest BCUT2D eigenvalue weighted by Crippen LogP contribution is -1.99. The van der Waals surface area contributed by atoms with Crippen LogP contribution in [0.1, 0.15) is 24.0 Å². The normalized spacial score (nSPS) is 11.3. The van der Waals surface area contributed by atoms with Crippen molar-refractivity contribution in [1.29, 1.82) is 0 Å². The first-order valence-electron chi connectivity index (χ1n) is 7.78. The number of benzene rings is 1. The third kappa shape index (κ3) is 3.18. The predicted molar refractivity (Wildman–Crippen MR) is 103 cm³/mol. The summed E-state index contributed by atoms with van der Waals surface area (Å²) in [5.74, 6) is 0.908. The molecule has 3 nitrogen and oxygen atoms in total. The van der Waals surface area contributed by atoms with Crippen molar-refractivity contribution in [1.82, 2.24) is 4.98 Å². The quantitative estimate of drug-likeness (QED) is 0.562. The van der Waals surface area contributed by atoms with Crippen LogP contribution in [0.3, 0.4) is 0 Å². The molecule has 0 spiro atoms. The number of fused-ring (bicyclic) bond motifs is 1. The third-order valence-electron chi connectivity index (χ3n) is 4.15. The van der Waals surface area contributed by atoms with Crippen molar-refractivity contribution >= 4 is 38.2 Å². The van der Waals surface area contributed by atoms with Crippen molar-refractivity contribution in [3.8, 4) is 16.3 Å². The molecule has 2 heterocycles. The largest absolute Gasteiger partial charge is 0.497 e. The van der Waals surface area contributed by atoms with Crippen LogP contribution in [0.2, 0.25) is 0 Å². The van der Waals surface area contributed by atoms with Gasteiger partial charge in [0, 0.05) is 15.4 Å². The number of aromatic nitrogens is 1. The van der Waals surface area contributed by atoms with Gasteiger partial charge in [0.1, 0.15) is 5.75 Å². The SMILES string of the molecule is COc1cc(C)c2[nH]c(-c3sccc3Br)c(CCCCN)c2c1. The minimum Gasteiger partial charge on any atom is -0.497 e. The minimum absolute atomic E-state index is 0.739. The fourth-order valence-corrected chi connectivity index (χ4v) is 4.58. The van der Waals surface area contributed by atoms with Gasteiger partial charge in [0.2, 0.25) is 0 Å². The molecule has 1 aromatic carbocycles. The van der Waals surface area contributed by atoms with Gasteiger partial charge in [-0.1, -0.05) is 0 Å². The van der Waals surface area contributed by atoms with Crippen LogP contribution in [0.4, 0.5) is 0 Å². The van der Waals surface area contributed by atoms with Gasteiger partial charge in [0.25, 0.3) is 0 Å². The first kappa shape index (κ1) is 16.6. The Morgan fingerprint density at radius 1 is 1.30 bits per heavy atom. The van der Waals surface area contributed by atoms with Gasteiger partial charge in [-0.05, 0) is 83.4 Å². The van der Waals surface area contributed by atoms with Crippen molar-refractivity contribution in [3.63, 3.8) is 0 Å². The number of aryl methyl sites for hydroxylation is 2. The molecule has 0 unspecified atom stereocenters. The lowest BCUT2D eigenvalue weighted by atomic mass is 10.0. The lowest BCUT2D eigenvalue weighted by molar-refractivity contribution is 0.415. The van der Waals surface area contributed by atoms with E-state index in [0.29, 0.717) is 0 Å². The number of ether oxygens (including phenoxy) is 1. The average molecular weight is 393 g/mol. The second-order valence-corrected chi connectivity index (χ2v) is 7.46. The zero-order valence-electron chi connectivity index (χ0n) is 13.4. The van der Waals surface area contributed by atoms with Crippen LogP contribution in [0.5, 0.6) is 5.75 Å². The van der Waals surface area contributed by atoms with Gasteiger partial charge in [0.15, 0.2) is 0 Å². The average Bonchev–Trinajstić information content (AvgIpc) is 3.11. The van der Waals surface area contributed by atoms with Crippen LogP contribution in [0.15, 0.2) is 28.1 Å². The third-order valence-corrected chi connectivity index (χ3v) is 6.00. The zero-order valence-corrected chi connectivity index (χ0v) is 15.8. The van der Waals surface area contributed by atoms with E-state index in [1.807, 2.05) is 0 Å². The van der Waals surface area contributed by atoms with E-state index < -0.39 is 0 Å². The van der Waals surface area contributed by atoms with Crippen LogP contribution < -0.4 is 10.5 Å². The molecule has 0 saturated carbocycles. The van der Waals surface area contributed by atoms with Crippen LogP contribution in [-0.2, 0) is 6.42 Å². The van der Waals surface area contributed by atoms with E-state index in [9.17, 15) is 0 Å². The predicted octanol–water partition coefficient (Wildman–Crippen LogP) is 5.26. The van der Waals surface area contributed by atoms with Gasteiger partial charge in [-0.15, -0.1) is 11.3 Å². The van der Waals surface area contributed by atoms with Crippen molar-refractivity contribution in [2.75, 3.05) is 13.7 Å². The molecule has 0 radical (unpaired) electrons. The maximum Gasteiger partial charge on any atom is 0.119 e. The summed E-state index contributed by atoms with van der Waals surface area (Å²) in [7, 11) is 1.72. The van der Waals surface area contributed by atoms with Crippen molar-refractivity contribution in [2.24, 2.45) is 5.73 Å². The standard InChI is InChI=1S/C18H21BrN2OS/c1-11-9-12(22-2)10-14-13(5-3-4-7-20)17(21-16(11)14)18-15(19)6-8-23-18/h6,8-10,21H,3-5,7,20H2,1-2H3.